The minimum absolute atomic E-state index is 0.178. The zero-order valence-corrected chi connectivity index (χ0v) is 16.5. The number of amides is 1. The highest BCUT2D eigenvalue weighted by atomic mass is 32.2. The van der Waals surface area contributed by atoms with E-state index < -0.39 is 16.1 Å². The molecule has 1 heterocycles. The van der Waals surface area contributed by atoms with E-state index in [-0.39, 0.29) is 10.8 Å². The molecule has 0 saturated carbocycles. The Morgan fingerprint density at radius 3 is 2.52 bits per heavy atom. The number of hydrogen-bond donors (Lipinski definition) is 1. The van der Waals surface area contributed by atoms with Crippen LogP contribution >= 0.6 is 0 Å². The number of rotatable bonds is 5. The molecular formula is C20H24N2O4S. The van der Waals surface area contributed by atoms with Gasteiger partial charge in [0.1, 0.15) is 11.8 Å². The van der Waals surface area contributed by atoms with E-state index in [4.69, 9.17) is 4.74 Å². The van der Waals surface area contributed by atoms with Crippen molar-refractivity contribution in [2.75, 3.05) is 19.0 Å². The Morgan fingerprint density at radius 2 is 1.85 bits per heavy atom. The van der Waals surface area contributed by atoms with Crippen molar-refractivity contribution >= 4 is 21.6 Å². The van der Waals surface area contributed by atoms with Gasteiger partial charge in [0.15, 0.2) is 0 Å². The molecular weight excluding hydrogens is 364 g/mol. The molecule has 0 unspecified atom stereocenters. The van der Waals surface area contributed by atoms with Crippen LogP contribution < -0.4 is 10.1 Å². The van der Waals surface area contributed by atoms with E-state index in [1.165, 1.54) is 17.5 Å². The Morgan fingerprint density at radius 1 is 1.15 bits per heavy atom. The van der Waals surface area contributed by atoms with Gasteiger partial charge < -0.3 is 10.1 Å². The summed E-state index contributed by atoms with van der Waals surface area (Å²) in [5.74, 6) is 0.166. The third-order valence-electron chi connectivity index (χ3n) is 4.81. The van der Waals surface area contributed by atoms with Crippen molar-refractivity contribution in [2.45, 2.75) is 37.6 Å². The molecule has 6 nitrogen and oxygen atoms in total. The van der Waals surface area contributed by atoms with Gasteiger partial charge >= 0.3 is 0 Å². The van der Waals surface area contributed by atoms with Crippen molar-refractivity contribution in [1.82, 2.24) is 4.31 Å². The molecule has 0 bridgehead atoms. The molecule has 2 aromatic carbocycles. The summed E-state index contributed by atoms with van der Waals surface area (Å²) in [5, 5.41) is 2.83. The summed E-state index contributed by atoms with van der Waals surface area (Å²) >= 11 is 0. The topological polar surface area (TPSA) is 75.7 Å². The number of carbonyl (C=O) groups excluding carboxylic acids is 1. The van der Waals surface area contributed by atoms with Crippen molar-refractivity contribution in [2.24, 2.45) is 0 Å². The lowest BCUT2D eigenvalue weighted by Crippen LogP contribution is -2.43. The Kier molecular flexibility index (Phi) is 5.53. The van der Waals surface area contributed by atoms with Gasteiger partial charge in [-0.05, 0) is 50.5 Å². The van der Waals surface area contributed by atoms with Crippen LogP contribution in [0.3, 0.4) is 0 Å². The Labute approximate surface area is 160 Å². The van der Waals surface area contributed by atoms with E-state index in [9.17, 15) is 13.2 Å². The number of benzene rings is 2. The maximum atomic E-state index is 13.2. The zero-order valence-electron chi connectivity index (χ0n) is 15.7. The summed E-state index contributed by atoms with van der Waals surface area (Å²) in [6.07, 6.45) is 1.15. The highest BCUT2D eigenvalue weighted by molar-refractivity contribution is 7.89. The van der Waals surface area contributed by atoms with Crippen LogP contribution in [0.4, 0.5) is 5.69 Å². The van der Waals surface area contributed by atoms with E-state index in [0.29, 0.717) is 36.4 Å². The molecule has 0 aliphatic carbocycles. The minimum Gasteiger partial charge on any atom is -0.497 e. The van der Waals surface area contributed by atoms with Crippen molar-refractivity contribution in [3.8, 4) is 5.75 Å². The van der Waals surface area contributed by atoms with E-state index in [2.05, 4.69) is 5.32 Å². The number of nitrogens with one attached hydrogen (secondary N) is 1. The molecule has 1 saturated heterocycles. The SMILES string of the molecule is COc1ccc(C)c(S(=O)(=O)N2CCC[C@H]2C(=O)Nc2ccc(C)cc2)c1. The molecule has 1 atom stereocenters. The fourth-order valence-corrected chi connectivity index (χ4v) is 5.16. The van der Waals surface area contributed by atoms with E-state index in [1.807, 2.05) is 31.2 Å². The molecule has 1 amide bonds. The van der Waals surface area contributed by atoms with Gasteiger partial charge in [-0.1, -0.05) is 23.8 Å². The Balaban J connectivity index is 1.86. The maximum absolute atomic E-state index is 13.2. The number of anilines is 1. The van der Waals surface area contributed by atoms with E-state index >= 15 is 0 Å². The number of ether oxygens (including phenoxy) is 1. The second-order valence-electron chi connectivity index (χ2n) is 6.76. The molecule has 144 valence electrons. The first-order valence-corrected chi connectivity index (χ1v) is 10.3. The van der Waals surface area contributed by atoms with Gasteiger partial charge in [0.05, 0.1) is 12.0 Å². The molecule has 1 fully saturated rings. The Hall–Kier alpha value is -2.38. The minimum atomic E-state index is -3.80. The van der Waals surface area contributed by atoms with Crippen LogP contribution in [0.5, 0.6) is 5.75 Å². The molecule has 7 heteroatoms. The number of aryl methyl sites for hydroxylation is 2. The van der Waals surface area contributed by atoms with Crippen molar-refractivity contribution in [3.05, 3.63) is 53.6 Å². The summed E-state index contributed by atoms with van der Waals surface area (Å²) in [6.45, 7) is 4.03. The van der Waals surface area contributed by atoms with Gasteiger partial charge in [-0.25, -0.2) is 8.42 Å². The first kappa shape index (κ1) is 19.4. The average Bonchev–Trinajstić information content (AvgIpc) is 3.15. The predicted molar refractivity (Wildman–Crippen MR) is 104 cm³/mol. The summed E-state index contributed by atoms with van der Waals surface area (Å²) in [4.78, 5) is 12.9. The third kappa shape index (κ3) is 3.99. The molecule has 1 aliphatic rings. The van der Waals surface area contributed by atoms with E-state index in [1.54, 1.807) is 19.1 Å². The third-order valence-corrected chi connectivity index (χ3v) is 6.86. The maximum Gasteiger partial charge on any atom is 0.244 e. The quantitative estimate of drug-likeness (QED) is 0.854. The van der Waals surface area contributed by atoms with Gasteiger partial charge in [-0.15, -0.1) is 0 Å². The van der Waals surface area contributed by atoms with Crippen LogP contribution in [0.1, 0.15) is 24.0 Å². The number of hydrogen-bond acceptors (Lipinski definition) is 4. The molecule has 27 heavy (non-hydrogen) atoms. The monoisotopic (exact) mass is 388 g/mol. The van der Waals surface area contributed by atoms with Gasteiger partial charge in [0.25, 0.3) is 0 Å². The second-order valence-corrected chi connectivity index (χ2v) is 8.62. The van der Waals surface area contributed by atoms with Gasteiger partial charge in [0, 0.05) is 18.3 Å². The predicted octanol–water partition coefficient (Wildman–Crippen LogP) is 3.10. The standard InChI is InChI=1S/C20H24N2O4S/c1-14-6-9-16(10-7-14)21-20(23)18-5-4-12-22(18)27(24,25)19-13-17(26-3)11-8-15(19)2/h6-11,13,18H,4-5,12H2,1-3H3,(H,21,23)/t18-/m0/s1. The van der Waals surface area contributed by atoms with Gasteiger partial charge in [0.2, 0.25) is 15.9 Å². The summed E-state index contributed by atoms with van der Waals surface area (Å²) in [6, 6.07) is 11.7. The van der Waals surface area contributed by atoms with Crippen molar-refractivity contribution in [3.63, 3.8) is 0 Å². The van der Waals surface area contributed by atoms with Crippen LogP contribution in [0.15, 0.2) is 47.4 Å². The summed E-state index contributed by atoms with van der Waals surface area (Å²) in [7, 11) is -2.31. The fraction of sp³-hybridized carbons (Fsp3) is 0.350. The van der Waals surface area contributed by atoms with Crippen molar-refractivity contribution in [1.29, 1.82) is 0 Å². The summed E-state index contributed by atoms with van der Waals surface area (Å²) in [5.41, 5.74) is 2.37. The lowest BCUT2D eigenvalue weighted by Gasteiger charge is -2.24. The van der Waals surface area contributed by atoms with Gasteiger partial charge in [-0.2, -0.15) is 4.31 Å². The lowest BCUT2D eigenvalue weighted by molar-refractivity contribution is -0.119. The highest BCUT2D eigenvalue weighted by Crippen LogP contribution is 2.30. The van der Waals surface area contributed by atoms with Crippen molar-refractivity contribution < 1.29 is 17.9 Å². The van der Waals surface area contributed by atoms with Crippen LogP contribution in [-0.2, 0) is 14.8 Å². The molecule has 0 aromatic heterocycles. The summed E-state index contributed by atoms with van der Waals surface area (Å²) < 4.78 is 32.9. The molecule has 0 spiro atoms. The van der Waals surface area contributed by atoms with Crippen LogP contribution in [0.25, 0.3) is 0 Å². The lowest BCUT2D eigenvalue weighted by atomic mass is 10.2. The van der Waals surface area contributed by atoms with E-state index in [0.717, 1.165) is 5.56 Å². The molecule has 1 N–H and O–H groups in total. The van der Waals surface area contributed by atoms with Crippen LogP contribution in [-0.4, -0.2) is 38.3 Å². The first-order valence-electron chi connectivity index (χ1n) is 8.87. The zero-order chi connectivity index (χ0) is 19.6. The molecule has 1 aliphatic heterocycles. The first-order chi connectivity index (χ1) is 12.8. The van der Waals surface area contributed by atoms with Crippen LogP contribution in [0.2, 0.25) is 0 Å². The van der Waals surface area contributed by atoms with Crippen LogP contribution in [0, 0.1) is 13.8 Å². The smallest absolute Gasteiger partial charge is 0.244 e. The highest BCUT2D eigenvalue weighted by Gasteiger charge is 2.40. The van der Waals surface area contributed by atoms with Gasteiger partial charge in [-0.3, -0.25) is 4.79 Å². The number of nitrogens with zero attached hydrogens (tertiary/aromatic N) is 1. The normalized spacial score (nSPS) is 17.7. The number of carbonyl (C=O) groups is 1. The second kappa shape index (κ2) is 7.70. The fourth-order valence-electron chi connectivity index (χ4n) is 3.26. The molecule has 2 aromatic rings. The average molecular weight is 388 g/mol. The Bertz CT molecular complexity index is 939. The number of methoxy groups -OCH3 is 1. The largest absolute Gasteiger partial charge is 0.497 e. The number of sulfonamides is 1. The molecule has 0 radical (unpaired) electrons. The molecule has 3 rings (SSSR count).